The largest absolute Gasteiger partial charge is 0.457 e. The summed E-state index contributed by atoms with van der Waals surface area (Å²) in [7, 11) is 0. The van der Waals surface area contributed by atoms with Crippen molar-refractivity contribution >= 4 is 23.2 Å². The van der Waals surface area contributed by atoms with Crippen molar-refractivity contribution in [3.63, 3.8) is 0 Å². The predicted molar refractivity (Wildman–Crippen MR) is 85.1 cm³/mol. The van der Waals surface area contributed by atoms with Gasteiger partial charge in [0, 0.05) is 16.1 Å². The summed E-state index contributed by atoms with van der Waals surface area (Å²) in [4.78, 5) is 0. The highest BCUT2D eigenvalue weighted by atomic mass is 35.5. The van der Waals surface area contributed by atoms with Crippen molar-refractivity contribution in [1.82, 2.24) is 0 Å². The van der Waals surface area contributed by atoms with Gasteiger partial charge in [-0.2, -0.15) is 0 Å². The average molecular weight is 310 g/mol. The topological polar surface area (TPSA) is 35.2 Å². The zero-order valence-corrected chi connectivity index (χ0v) is 13.0. The number of rotatable bonds is 4. The Bertz CT molecular complexity index is 611. The second-order valence-corrected chi connectivity index (χ2v) is 5.82. The van der Waals surface area contributed by atoms with Gasteiger partial charge >= 0.3 is 0 Å². The van der Waals surface area contributed by atoms with Crippen LogP contribution >= 0.6 is 23.2 Å². The Hall–Kier alpha value is -1.22. The van der Waals surface area contributed by atoms with Crippen LogP contribution in [0.2, 0.25) is 10.0 Å². The van der Waals surface area contributed by atoms with Gasteiger partial charge in [-0.3, -0.25) is 0 Å². The molecule has 0 saturated heterocycles. The highest BCUT2D eigenvalue weighted by Gasteiger charge is 2.10. The first-order valence-electron chi connectivity index (χ1n) is 6.43. The molecule has 20 heavy (non-hydrogen) atoms. The summed E-state index contributed by atoms with van der Waals surface area (Å²) in [6.07, 6.45) is 0.735. The van der Waals surface area contributed by atoms with E-state index in [-0.39, 0.29) is 6.04 Å². The Kier molecular flexibility index (Phi) is 4.92. The Morgan fingerprint density at radius 2 is 1.70 bits per heavy atom. The van der Waals surface area contributed by atoms with Gasteiger partial charge in [-0.15, -0.1) is 0 Å². The fourth-order valence-corrected chi connectivity index (χ4v) is 2.37. The van der Waals surface area contributed by atoms with E-state index in [1.54, 1.807) is 6.07 Å². The summed E-state index contributed by atoms with van der Waals surface area (Å²) >= 11 is 12.0. The van der Waals surface area contributed by atoms with Gasteiger partial charge in [0.1, 0.15) is 11.5 Å². The van der Waals surface area contributed by atoms with Crippen LogP contribution in [0.5, 0.6) is 11.5 Å². The van der Waals surface area contributed by atoms with Crippen LogP contribution < -0.4 is 10.5 Å². The van der Waals surface area contributed by atoms with Crippen molar-refractivity contribution in [2.24, 2.45) is 5.73 Å². The summed E-state index contributed by atoms with van der Waals surface area (Å²) in [5, 5.41) is 1.33. The van der Waals surface area contributed by atoms with Crippen molar-refractivity contribution in [1.29, 1.82) is 0 Å². The number of hydrogen-bond donors (Lipinski definition) is 1. The van der Waals surface area contributed by atoms with Gasteiger partial charge in [-0.1, -0.05) is 29.3 Å². The monoisotopic (exact) mass is 309 g/mol. The second-order valence-electron chi connectivity index (χ2n) is 4.95. The molecule has 106 valence electrons. The van der Waals surface area contributed by atoms with E-state index in [0.29, 0.717) is 10.0 Å². The quantitative estimate of drug-likeness (QED) is 0.864. The maximum absolute atomic E-state index is 6.05. The van der Waals surface area contributed by atoms with Gasteiger partial charge in [0.15, 0.2) is 0 Å². The summed E-state index contributed by atoms with van der Waals surface area (Å²) in [6.45, 7) is 3.92. The fourth-order valence-electron chi connectivity index (χ4n) is 1.98. The number of hydrogen-bond acceptors (Lipinski definition) is 2. The van der Waals surface area contributed by atoms with Crippen molar-refractivity contribution < 1.29 is 4.74 Å². The van der Waals surface area contributed by atoms with E-state index in [2.05, 4.69) is 0 Å². The number of aryl methyl sites for hydroxylation is 1. The molecule has 0 aliphatic heterocycles. The molecule has 2 rings (SSSR count). The highest BCUT2D eigenvalue weighted by Crippen LogP contribution is 2.32. The summed E-state index contributed by atoms with van der Waals surface area (Å²) < 4.78 is 5.98. The summed E-state index contributed by atoms with van der Waals surface area (Å²) in [5.41, 5.74) is 7.89. The highest BCUT2D eigenvalue weighted by molar-refractivity contribution is 6.31. The van der Waals surface area contributed by atoms with Crippen molar-refractivity contribution in [3.8, 4) is 11.5 Å². The molecule has 0 saturated carbocycles. The Labute approximate surface area is 129 Å². The Morgan fingerprint density at radius 3 is 2.35 bits per heavy atom. The van der Waals surface area contributed by atoms with Crippen LogP contribution in [0.25, 0.3) is 0 Å². The fraction of sp³-hybridized carbons (Fsp3) is 0.250. The summed E-state index contributed by atoms with van der Waals surface area (Å²) in [5.74, 6) is 1.50. The molecule has 0 aliphatic rings. The van der Waals surface area contributed by atoms with E-state index in [1.807, 2.05) is 44.2 Å². The molecule has 0 aromatic heterocycles. The SMILES string of the molecule is Cc1cc(Cl)ccc1Oc1cc(Cl)ccc1CC(C)N. The van der Waals surface area contributed by atoms with Gasteiger partial charge in [-0.25, -0.2) is 0 Å². The van der Waals surface area contributed by atoms with Crippen LogP contribution in [-0.2, 0) is 6.42 Å². The normalized spacial score (nSPS) is 12.2. The lowest BCUT2D eigenvalue weighted by Gasteiger charge is -2.15. The molecule has 2 aromatic rings. The van der Waals surface area contributed by atoms with Crippen molar-refractivity contribution in [2.45, 2.75) is 26.3 Å². The minimum absolute atomic E-state index is 0.0600. The number of nitrogens with two attached hydrogens (primary N) is 1. The lowest BCUT2D eigenvalue weighted by Crippen LogP contribution is -2.18. The first-order valence-corrected chi connectivity index (χ1v) is 7.19. The molecule has 1 unspecified atom stereocenters. The number of benzene rings is 2. The van der Waals surface area contributed by atoms with E-state index >= 15 is 0 Å². The van der Waals surface area contributed by atoms with Crippen LogP contribution in [-0.4, -0.2) is 6.04 Å². The van der Waals surface area contributed by atoms with E-state index in [1.165, 1.54) is 0 Å². The molecular weight excluding hydrogens is 293 g/mol. The zero-order valence-electron chi connectivity index (χ0n) is 11.5. The zero-order chi connectivity index (χ0) is 14.7. The van der Waals surface area contributed by atoms with Crippen LogP contribution in [0, 0.1) is 6.92 Å². The molecule has 0 bridgehead atoms. The molecular formula is C16H17Cl2NO. The molecule has 2 N–H and O–H groups in total. The molecule has 4 heteroatoms. The van der Waals surface area contributed by atoms with Gasteiger partial charge in [0.2, 0.25) is 0 Å². The lowest BCUT2D eigenvalue weighted by atomic mass is 10.1. The van der Waals surface area contributed by atoms with Gasteiger partial charge in [0.25, 0.3) is 0 Å². The van der Waals surface area contributed by atoms with Crippen molar-refractivity contribution in [3.05, 3.63) is 57.6 Å². The summed E-state index contributed by atoms with van der Waals surface area (Å²) in [6, 6.07) is 11.2. The third-order valence-corrected chi connectivity index (χ3v) is 3.40. The molecule has 0 heterocycles. The molecule has 0 fully saturated rings. The number of ether oxygens (including phenoxy) is 1. The van der Waals surface area contributed by atoms with Gasteiger partial charge in [-0.05, 0) is 61.7 Å². The maximum Gasteiger partial charge on any atom is 0.132 e. The van der Waals surface area contributed by atoms with Gasteiger partial charge in [0.05, 0.1) is 0 Å². The van der Waals surface area contributed by atoms with Crippen LogP contribution in [0.4, 0.5) is 0 Å². The van der Waals surface area contributed by atoms with Crippen molar-refractivity contribution in [2.75, 3.05) is 0 Å². The molecule has 0 spiro atoms. The van der Waals surface area contributed by atoms with Crippen LogP contribution in [0.1, 0.15) is 18.1 Å². The molecule has 2 aromatic carbocycles. The smallest absolute Gasteiger partial charge is 0.132 e. The molecule has 0 amide bonds. The maximum atomic E-state index is 6.05. The molecule has 0 radical (unpaired) electrons. The first kappa shape index (κ1) is 15.2. The molecule has 0 aliphatic carbocycles. The molecule has 2 nitrogen and oxygen atoms in total. The van der Waals surface area contributed by atoms with E-state index in [9.17, 15) is 0 Å². The minimum Gasteiger partial charge on any atom is -0.457 e. The third-order valence-electron chi connectivity index (χ3n) is 2.93. The lowest BCUT2D eigenvalue weighted by molar-refractivity contribution is 0.470. The molecule has 1 atom stereocenters. The van der Waals surface area contributed by atoms with Crippen LogP contribution in [0.3, 0.4) is 0 Å². The standard InChI is InChI=1S/C16H17Cl2NO/c1-10-7-13(17)5-6-15(10)20-16-9-14(18)4-3-12(16)8-11(2)19/h3-7,9,11H,8,19H2,1-2H3. The van der Waals surface area contributed by atoms with Gasteiger partial charge < -0.3 is 10.5 Å². The Balaban J connectivity index is 2.34. The van der Waals surface area contributed by atoms with E-state index in [0.717, 1.165) is 29.0 Å². The second kappa shape index (κ2) is 6.49. The first-order chi connectivity index (χ1) is 9.45. The Morgan fingerprint density at radius 1 is 1.05 bits per heavy atom. The minimum atomic E-state index is 0.0600. The predicted octanol–water partition coefficient (Wildman–Crippen LogP) is 4.98. The third kappa shape index (κ3) is 3.89. The number of halogens is 2. The van der Waals surface area contributed by atoms with Crippen LogP contribution in [0.15, 0.2) is 36.4 Å². The van der Waals surface area contributed by atoms with E-state index < -0.39 is 0 Å². The average Bonchev–Trinajstić information content (AvgIpc) is 2.35. The van der Waals surface area contributed by atoms with E-state index in [4.69, 9.17) is 33.7 Å².